The molecule has 1 aliphatic heterocycles. The van der Waals surface area contributed by atoms with E-state index in [0.717, 1.165) is 18.8 Å². The number of rotatable bonds is 11. The predicted octanol–water partition coefficient (Wildman–Crippen LogP) is 3.25. The summed E-state index contributed by atoms with van der Waals surface area (Å²) in [5.74, 6) is 1.34. The Hall–Kier alpha value is -3.82. The number of amides is 1. The molecule has 3 aromatic rings. The number of nitrogens with one attached hydrogen (secondary N) is 1. The van der Waals surface area contributed by atoms with Gasteiger partial charge in [-0.25, -0.2) is 4.79 Å². The fraction of sp³-hybridized carbons (Fsp3) is 0.500. The maximum atomic E-state index is 13.5. The molecule has 0 bridgehead atoms. The van der Waals surface area contributed by atoms with E-state index in [0.29, 0.717) is 59.9 Å². The molecular weight excluding hydrogens is 484 g/mol. The summed E-state index contributed by atoms with van der Waals surface area (Å²) < 4.78 is 8.12. The molecule has 2 fully saturated rings. The SMILES string of the molecule is C=C1Cc2c(n(CCCC3(C4CC4)CC3)c(=O)n(CCCCc3noc(-c4ccccn4)n3)c2=O)C(=O)N1. The van der Waals surface area contributed by atoms with Crippen LogP contribution in [-0.2, 0) is 25.9 Å². The molecule has 4 heterocycles. The van der Waals surface area contributed by atoms with Crippen LogP contribution in [0.25, 0.3) is 11.6 Å². The normalized spacial score (nSPS) is 17.8. The lowest BCUT2D eigenvalue weighted by atomic mass is 9.94. The van der Waals surface area contributed by atoms with E-state index in [1.54, 1.807) is 12.3 Å². The van der Waals surface area contributed by atoms with Crippen molar-refractivity contribution in [2.24, 2.45) is 11.3 Å². The van der Waals surface area contributed by atoms with Gasteiger partial charge in [0, 0.05) is 37.8 Å². The third kappa shape index (κ3) is 4.75. The van der Waals surface area contributed by atoms with Gasteiger partial charge in [0.25, 0.3) is 17.4 Å². The Labute approximate surface area is 219 Å². The molecule has 1 amide bonds. The highest BCUT2D eigenvalue weighted by molar-refractivity contribution is 5.96. The first-order valence-electron chi connectivity index (χ1n) is 13.5. The van der Waals surface area contributed by atoms with Crippen LogP contribution in [0, 0.1) is 11.3 Å². The number of fused-ring (bicyclic) bond motifs is 1. The Morgan fingerprint density at radius 1 is 1.08 bits per heavy atom. The minimum Gasteiger partial charge on any atom is -0.332 e. The molecule has 2 saturated carbocycles. The molecule has 2 aliphatic carbocycles. The highest BCUT2D eigenvalue weighted by atomic mass is 16.5. The van der Waals surface area contributed by atoms with Crippen molar-refractivity contribution < 1.29 is 9.32 Å². The van der Waals surface area contributed by atoms with Gasteiger partial charge in [-0.2, -0.15) is 4.98 Å². The summed E-state index contributed by atoms with van der Waals surface area (Å²) in [4.78, 5) is 48.3. The Balaban J connectivity index is 1.16. The summed E-state index contributed by atoms with van der Waals surface area (Å²) in [5, 5.41) is 6.73. The molecule has 0 spiro atoms. The molecular formula is C28H32N6O4. The van der Waals surface area contributed by atoms with Gasteiger partial charge in [0.05, 0.1) is 5.56 Å². The zero-order valence-electron chi connectivity index (χ0n) is 21.4. The molecule has 198 valence electrons. The van der Waals surface area contributed by atoms with Crippen LogP contribution in [-0.4, -0.2) is 30.2 Å². The van der Waals surface area contributed by atoms with Crippen molar-refractivity contribution in [1.82, 2.24) is 29.6 Å². The highest BCUT2D eigenvalue weighted by Crippen LogP contribution is 2.63. The van der Waals surface area contributed by atoms with Crippen LogP contribution in [0.15, 0.2) is 50.8 Å². The summed E-state index contributed by atoms with van der Waals surface area (Å²) in [5.41, 5.74) is 1.30. The van der Waals surface area contributed by atoms with Gasteiger partial charge in [0.1, 0.15) is 11.4 Å². The van der Waals surface area contributed by atoms with Crippen molar-refractivity contribution in [1.29, 1.82) is 0 Å². The topological polar surface area (TPSA) is 125 Å². The molecule has 0 aromatic carbocycles. The summed E-state index contributed by atoms with van der Waals surface area (Å²) in [6, 6.07) is 5.47. The number of carbonyl (C=O) groups is 1. The van der Waals surface area contributed by atoms with Crippen LogP contribution in [0.3, 0.4) is 0 Å². The summed E-state index contributed by atoms with van der Waals surface area (Å²) in [6.07, 6.45) is 10.8. The Bertz CT molecular complexity index is 1490. The summed E-state index contributed by atoms with van der Waals surface area (Å²) in [6.45, 7) is 4.55. The Kier molecular flexibility index (Phi) is 6.33. The Morgan fingerprint density at radius 3 is 2.63 bits per heavy atom. The van der Waals surface area contributed by atoms with E-state index < -0.39 is 17.2 Å². The average molecular weight is 517 g/mol. The quantitative estimate of drug-likeness (QED) is 0.388. The number of hydrogen-bond donors (Lipinski definition) is 1. The van der Waals surface area contributed by atoms with Crippen LogP contribution in [0.4, 0.5) is 0 Å². The van der Waals surface area contributed by atoms with Crippen molar-refractivity contribution in [3.63, 3.8) is 0 Å². The van der Waals surface area contributed by atoms with Crippen molar-refractivity contribution in [3.05, 3.63) is 74.6 Å². The van der Waals surface area contributed by atoms with Crippen LogP contribution >= 0.6 is 0 Å². The number of hydrogen-bond acceptors (Lipinski definition) is 7. The molecule has 0 atom stereocenters. The van der Waals surface area contributed by atoms with E-state index in [9.17, 15) is 14.4 Å². The van der Waals surface area contributed by atoms with E-state index in [1.807, 2.05) is 12.1 Å². The monoisotopic (exact) mass is 516 g/mol. The second-order valence-corrected chi connectivity index (χ2v) is 10.9. The van der Waals surface area contributed by atoms with Crippen LogP contribution < -0.4 is 16.6 Å². The number of pyridine rings is 1. The first-order valence-corrected chi connectivity index (χ1v) is 13.5. The summed E-state index contributed by atoms with van der Waals surface area (Å²) >= 11 is 0. The van der Waals surface area contributed by atoms with Crippen molar-refractivity contribution in [2.75, 3.05) is 0 Å². The van der Waals surface area contributed by atoms with Crippen molar-refractivity contribution >= 4 is 5.91 Å². The fourth-order valence-corrected chi connectivity index (χ4v) is 5.87. The second kappa shape index (κ2) is 9.81. The van der Waals surface area contributed by atoms with E-state index >= 15 is 0 Å². The van der Waals surface area contributed by atoms with Gasteiger partial charge in [-0.15, -0.1) is 0 Å². The lowest BCUT2D eigenvalue weighted by Crippen LogP contribution is -2.48. The van der Waals surface area contributed by atoms with Crippen LogP contribution in [0.5, 0.6) is 0 Å². The fourth-order valence-electron chi connectivity index (χ4n) is 5.87. The van der Waals surface area contributed by atoms with Gasteiger partial charge in [0.2, 0.25) is 0 Å². The van der Waals surface area contributed by atoms with Crippen LogP contribution in [0.1, 0.15) is 73.2 Å². The largest absolute Gasteiger partial charge is 0.332 e. The van der Waals surface area contributed by atoms with Gasteiger partial charge in [-0.1, -0.05) is 17.8 Å². The molecule has 0 unspecified atom stereocenters. The third-order valence-corrected chi connectivity index (χ3v) is 8.19. The highest BCUT2D eigenvalue weighted by Gasteiger charge is 2.52. The first kappa shape index (κ1) is 24.5. The minimum absolute atomic E-state index is 0.203. The maximum absolute atomic E-state index is 13.5. The molecule has 3 aliphatic rings. The van der Waals surface area contributed by atoms with Gasteiger partial charge < -0.3 is 9.84 Å². The van der Waals surface area contributed by atoms with Crippen molar-refractivity contribution in [2.45, 2.75) is 77.3 Å². The molecule has 38 heavy (non-hydrogen) atoms. The molecule has 10 heteroatoms. The van der Waals surface area contributed by atoms with E-state index in [-0.39, 0.29) is 18.7 Å². The molecule has 1 N–H and O–H groups in total. The molecule has 6 rings (SSSR count). The molecule has 0 saturated heterocycles. The predicted molar refractivity (Wildman–Crippen MR) is 139 cm³/mol. The lowest BCUT2D eigenvalue weighted by molar-refractivity contribution is 0.0945. The first-order chi connectivity index (χ1) is 18.4. The van der Waals surface area contributed by atoms with Gasteiger partial charge in [-0.3, -0.25) is 23.7 Å². The number of nitrogens with zero attached hydrogens (tertiary/aromatic N) is 5. The number of carbonyl (C=O) groups excluding carboxylic acids is 1. The third-order valence-electron chi connectivity index (χ3n) is 8.19. The zero-order chi connectivity index (χ0) is 26.3. The number of aryl methyl sites for hydroxylation is 1. The number of unbranched alkanes of at least 4 members (excludes halogenated alkanes) is 1. The van der Waals surface area contributed by atoms with Crippen LogP contribution in [0.2, 0.25) is 0 Å². The van der Waals surface area contributed by atoms with E-state index in [4.69, 9.17) is 4.52 Å². The van der Waals surface area contributed by atoms with Gasteiger partial charge in [-0.05, 0) is 74.8 Å². The standard InChI is InChI=1S/C28H32N6O4/c1-18-17-20-23(24(35)30-18)33(16-6-11-28(12-13-28)19-9-10-19)27(37)34(26(20)36)15-5-3-8-22-31-25(38-32-22)21-7-2-4-14-29-21/h2,4,7,14,19H,1,3,5-6,8-13,15-17H2,(H,30,35). The average Bonchev–Trinajstić information content (AvgIpc) is 3.84. The summed E-state index contributed by atoms with van der Waals surface area (Å²) in [7, 11) is 0. The Morgan fingerprint density at radius 2 is 1.89 bits per heavy atom. The lowest BCUT2D eigenvalue weighted by Gasteiger charge is -2.24. The molecule has 0 radical (unpaired) electrons. The smallest absolute Gasteiger partial charge is 0.331 e. The van der Waals surface area contributed by atoms with Crippen molar-refractivity contribution in [3.8, 4) is 11.6 Å². The van der Waals surface area contributed by atoms with Gasteiger partial charge >= 0.3 is 5.69 Å². The maximum Gasteiger partial charge on any atom is 0.331 e. The molecule has 3 aromatic heterocycles. The number of aromatic nitrogens is 5. The minimum atomic E-state index is -0.415. The van der Waals surface area contributed by atoms with E-state index in [1.165, 1.54) is 34.8 Å². The van der Waals surface area contributed by atoms with Gasteiger partial charge in [0.15, 0.2) is 5.82 Å². The van der Waals surface area contributed by atoms with E-state index in [2.05, 4.69) is 27.0 Å². The zero-order valence-corrected chi connectivity index (χ0v) is 21.4. The molecule has 10 nitrogen and oxygen atoms in total. The second-order valence-electron chi connectivity index (χ2n) is 10.9. The number of allylic oxidation sites excluding steroid dienone is 1.